The van der Waals surface area contributed by atoms with E-state index in [1.54, 1.807) is 19.9 Å². The van der Waals surface area contributed by atoms with Gasteiger partial charge in [0.05, 0.1) is 13.2 Å². The molecule has 19 heavy (non-hydrogen) atoms. The minimum absolute atomic E-state index is 0.0578. The SMILES string of the molecule is COc1ccc(CNC(=O)C(C#N)C(C)C)cc1F. The summed E-state index contributed by atoms with van der Waals surface area (Å²) >= 11 is 0. The molecule has 0 saturated heterocycles. The number of carbonyl (C=O) groups excluding carboxylic acids is 1. The lowest BCUT2D eigenvalue weighted by Gasteiger charge is -2.13. The second-order valence-electron chi connectivity index (χ2n) is 4.54. The van der Waals surface area contributed by atoms with E-state index >= 15 is 0 Å². The van der Waals surface area contributed by atoms with E-state index in [2.05, 4.69) is 5.32 Å². The van der Waals surface area contributed by atoms with Crippen LogP contribution in [0.2, 0.25) is 0 Å². The van der Waals surface area contributed by atoms with Crippen LogP contribution in [0.4, 0.5) is 4.39 Å². The molecule has 1 aromatic rings. The maximum Gasteiger partial charge on any atom is 0.237 e. The van der Waals surface area contributed by atoms with E-state index < -0.39 is 11.7 Å². The fourth-order valence-corrected chi connectivity index (χ4v) is 1.63. The first kappa shape index (κ1) is 15.0. The molecule has 0 saturated carbocycles. The molecule has 0 aliphatic carbocycles. The van der Waals surface area contributed by atoms with Crippen LogP contribution < -0.4 is 10.1 Å². The van der Waals surface area contributed by atoms with Crippen LogP contribution in [-0.4, -0.2) is 13.0 Å². The largest absolute Gasteiger partial charge is 0.494 e. The summed E-state index contributed by atoms with van der Waals surface area (Å²) in [5, 5.41) is 11.5. The highest BCUT2D eigenvalue weighted by atomic mass is 19.1. The Morgan fingerprint density at radius 2 is 2.21 bits per heavy atom. The molecule has 0 radical (unpaired) electrons. The van der Waals surface area contributed by atoms with Crippen LogP contribution in [0.1, 0.15) is 19.4 Å². The second-order valence-corrected chi connectivity index (χ2v) is 4.54. The van der Waals surface area contributed by atoms with Crippen LogP contribution in [-0.2, 0) is 11.3 Å². The number of hydrogen-bond acceptors (Lipinski definition) is 3. The number of carbonyl (C=O) groups is 1. The lowest BCUT2D eigenvalue weighted by Crippen LogP contribution is -2.32. The van der Waals surface area contributed by atoms with Crippen LogP contribution in [0.15, 0.2) is 18.2 Å². The van der Waals surface area contributed by atoms with Crippen LogP contribution in [0.3, 0.4) is 0 Å². The summed E-state index contributed by atoms with van der Waals surface area (Å²) in [7, 11) is 1.39. The first-order valence-electron chi connectivity index (χ1n) is 5.99. The first-order valence-corrected chi connectivity index (χ1v) is 5.99. The Balaban J connectivity index is 2.65. The summed E-state index contributed by atoms with van der Waals surface area (Å²) < 4.78 is 18.2. The van der Waals surface area contributed by atoms with E-state index in [0.717, 1.165) is 0 Å². The highest BCUT2D eigenvalue weighted by molar-refractivity contribution is 5.81. The second kappa shape index (κ2) is 6.74. The molecule has 0 heterocycles. The van der Waals surface area contributed by atoms with Gasteiger partial charge in [0.15, 0.2) is 11.6 Å². The van der Waals surface area contributed by atoms with Gasteiger partial charge in [-0.2, -0.15) is 5.26 Å². The number of methoxy groups -OCH3 is 1. The van der Waals surface area contributed by atoms with Crippen molar-refractivity contribution in [3.8, 4) is 11.8 Å². The molecular formula is C14H17FN2O2. The molecule has 0 bridgehead atoms. The number of rotatable bonds is 5. The van der Waals surface area contributed by atoms with Gasteiger partial charge in [-0.1, -0.05) is 19.9 Å². The third-order valence-electron chi connectivity index (χ3n) is 2.77. The lowest BCUT2D eigenvalue weighted by molar-refractivity contribution is -0.124. The van der Waals surface area contributed by atoms with E-state index in [4.69, 9.17) is 10.00 Å². The van der Waals surface area contributed by atoms with Crippen LogP contribution in [0.25, 0.3) is 0 Å². The summed E-state index contributed by atoms with van der Waals surface area (Å²) in [4.78, 5) is 11.7. The molecule has 1 atom stereocenters. The molecule has 102 valence electrons. The molecule has 0 aliphatic rings. The van der Waals surface area contributed by atoms with Crippen molar-refractivity contribution in [1.29, 1.82) is 5.26 Å². The number of nitrogens with zero attached hydrogens (tertiary/aromatic N) is 1. The van der Waals surface area contributed by atoms with Crippen molar-refractivity contribution in [1.82, 2.24) is 5.32 Å². The van der Waals surface area contributed by atoms with Gasteiger partial charge in [-0.3, -0.25) is 4.79 Å². The minimum atomic E-state index is -0.692. The number of benzene rings is 1. The third-order valence-corrected chi connectivity index (χ3v) is 2.77. The standard InChI is InChI=1S/C14H17FN2O2/c1-9(2)11(7-16)14(18)17-8-10-4-5-13(19-3)12(15)6-10/h4-6,9,11H,8H2,1-3H3,(H,17,18). The molecule has 5 heteroatoms. The molecule has 0 spiro atoms. The molecular weight excluding hydrogens is 247 g/mol. The van der Waals surface area contributed by atoms with Gasteiger partial charge in [0.1, 0.15) is 5.92 Å². The van der Waals surface area contributed by atoms with Crippen molar-refractivity contribution in [3.05, 3.63) is 29.6 Å². The fraction of sp³-hybridized carbons (Fsp3) is 0.429. The minimum Gasteiger partial charge on any atom is -0.494 e. The molecule has 1 amide bonds. The van der Waals surface area contributed by atoms with Gasteiger partial charge in [-0.25, -0.2) is 4.39 Å². The Morgan fingerprint density at radius 1 is 1.53 bits per heavy atom. The molecule has 0 aliphatic heterocycles. The zero-order valence-electron chi connectivity index (χ0n) is 11.2. The quantitative estimate of drug-likeness (QED) is 0.887. The van der Waals surface area contributed by atoms with Gasteiger partial charge in [-0.05, 0) is 23.6 Å². The van der Waals surface area contributed by atoms with Gasteiger partial charge >= 0.3 is 0 Å². The van der Waals surface area contributed by atoms with Crippen molar-refractivity contribution >= 4 is 5.91 Å². The summed E-state index contributed by atoms with van der Waals surface area (Å²) in [5.74, 6) is -1.41. The molecule has 4 nitrogen and oxygen atoms in total. The average Bonchev–Trinajstić information content (AvgIpc) is 2.37. The van der Waals surface area contributed by atoms with Gasteiger partial charge in [0, 0.05) is 6.54 Å². The van der Waals surface area contributed by atoms with Crippen molar-refractivity contribution < 1.29 is 13.9 Å². The number of nitrogens with one attached hydrogen (secondary N) is 1. The predicted molar refractivity (Wildman–Crippen MR) is 68.7 cm³/mol. The van der Waals surface area contributed by atoms with E-state index in [1.807, 2.05) is 6.07 Å². The Labute approximate surface area is 112 Å². The van der Waals surface area contributed by atoms with Gasteiger partial charge in [0.2, 0.25) is 5.91 Å². The zero-order chi connectivity index (χ0) is 14.4. The Bertz CT molecular complexity index is 495. The molecule has 1 aromatic carbocycles. The number of nitriles is 1. The molecule has 0 aromatic heterocycles. The lowest BCUT2D eigenvalue weighted by atomic mass is 9.96. The number of halogens is 1. The van der Waals surface area contributed by atoms with E-state index in [9.17, 15) is 9.18 Å². The van der Waals surface area contributed by atoms with Crippen LogP contribution in [0, 0.1) is 29.0 Å². The third kappa shape index (κ3) is 3.95. The van der Waals surface area contributed by atoms with Crippen molar-refractivity contribution in [2.45, 2.75) is 20.4 Å². The summed E-state index contributed by atoms with van der Waals surface area (Å²) in [6.07, 6.45) is 0. The topological polar surface area (TPSA) is 62.1 Å². The van der Waals surface area contributed by atoms with Crippen molar-refractivity contribution in [2.75, 3.05) is 7.11 Å². The van der Waals surface area contributed by atoms with Gasteiger partial charge in [-0.15, -0.1) is 0 Å². The number of amides is 1. The monoisotopic (exact) mass is 264 g/mol. The van der Waals surface area contributed by atoms with Crippen LogP contribution in [0.5, 0.6) is 5.75 Å². The fourth-order valence-electron chi connectivity index (χ4n) is 1.63. The smallest absolute Gasteiger partial charge is 0.237 e. The molecule has 1 rings (SSSR count). The summed E-state index contributed by atoms with van der Waals surface area (Å²) in [5.41, 5.74) is 0.618. The Hall–Kier alpha value is -2.09. The Kier molecular flexibility index (Phi) is 5.31. The normalized spacial score (nSPS) is 11.8. The average molecular weight is 264 g/mol. The van der Waals surface area contributed by atoms with Gasteiger partial charge in [0.25, 0.3) is 0 Å². The number of ether oxygens (including phenoxy) is 1. The maximum atomic E-state index is 13.4. The summed E-state index contributed by atoms with van der Waals surface area (Å²) in [6, 6.07) is 6.43. The highest BCUT2D eigenvalue weighted by Crippen LogP contribution is 2.17. The van der Waals surface area contributed by atoms with E-state index in [-0.39, 0.29) is 24.1 Å². The molecule has 1 unspecified atom stereocenters. The van der Waals surface area contributed by atoms with Crippen molar-refractivity contribution in [3.63, 3.8) is 0 Å². The zero-order valence-corrected chi connectivity index (χ0v) is 11.2. The van der Waals surface area contributed by atoms with Gasteiger partial charge < -0.3 is 10.1 Å². The predicted octanol–water partition coefficient (Wildman–Crippen LogP) is 2.25. The first-order chi connectivity index (χ1) is 8.99. The van der Waals surface area contributed by atoms with Crippen LogP contribution >= 0.6 is 0 Å². The highest BCUT2D eigenvalue weighted by Gasteiger charge is 2.21. The maximum absolute atomic E-state index is 13.4. The van der Waals surface area contributed by atoms with Crippen molar-refractivity contribution in [2.24, 2.45) is 11.8 Å². The van der Waals surface area contributed by atoms with E-state index in [1.165, 1.54) is 19.2 Å². The molecule has 1 N–H and O–H groups in total. The Morgan fingerprint density at radius 3 is 2.68 bits per heavy atom. The number of hydrogen-bond donors (Lipinski definition) is 1. The summed E-state index contributed by atoms with van der Waals surface area (Å²) in [6.45, 7) is 3.80. The molecule has 0 fully saturated rings. The van der Waals surface area contributed by atoms with E-state index in [0.29, 0.717) is 5.56 Å².